The number of carbonyl (C=O) groups excluding carboxylic acids is 1. The molecule has 5 nitrogen and oxygen atoms in total. The van der Waals surface area contributed by atoms with Crippen LogP contribution < -0.4 is 5.32 Å². The molecule has 0 bridgehead atoms. The molecule has 80 valence electrons. The van der Waals surface area contributed by atoms with Crippen molar-refractivity contribution in [3.05, 3.63) is 0 Å². The minimum atomic E-state index is -0.997. The number of thioether (sulfide) groups is 1. The summed E-state index contributed by atoms with van der Waals surface area (Å²) >= 11 is 1.53. The fraction of sp³-hybridized carbons (Fsp3) is 0.750. The molecular weight excluding hydrogens is 206 g/mol. The third-order valence-electron chi connectivity index (χ3n) is 1.95. The molecule has 1 amide bonds. The average molecular weight is 219 g/mol. The van der Waals surface area contributed by atoms with Crippen LogP contribution in [-0.2, 0) is 14.3 Å². The first-order valence-corrected chi connectivity index (χ1v) is 5.40. The third kappa shape index (κ3) is 3.55. The summed E-state index contributed by atoms with van der Waals surface area (Å²) in [6.45, 7) is 1.43. The Balaban J connectivity index is 2.24. The van der Waals surface area contributed by atoms with Crippen molar-refractivity contribution >= 4 is 24.1 Å². The zero-order valence-corrected chi connectivity index (χ0v) is 8.46. The molecule has 6 heteroatoms. The Morgan fingerprint density at radius 3 is 3.07 bits per heavy atom. The van der Waals surface area contributed by atoms with Gasteiger partial charge in [-0.1, -0.05) is 0 Å². The number of amides is 1. The van der Waals surface area contributed by atoms with E-state index < -0.39 is 12.0 Å². The van der Waals surface area contributed by atoms with E-state index in [2.05, 4.69) is 5.32 Å². The van der Waals surface area contributed by atoms with Crippen LogP contribution >= 0.6 is 11.8 Å². The highest BCUT2D eigenvalue weighted by atomic mass is 32.2. The van der Waals surface area contributed by atoms with E-state index in [-0.39, 0.29) is 0 Å². The van der Waals surface area contributed by atoms with Crippen molar-refractivity contribution in [1.29, 1.82) is 0 Å². The molecule has 1 fully saturated rings. The maximum atomic E-state index is 10.6. The summed E-state index contributed by atoms with van der Waals surface area (Å²) in [7, 11) is 0. The molecule has 1 aliphatic rings. The molecule has 1 aliphatic heterocycles. The Labute approximate surface area is 86.2 Å². The minimum Gasteiger partial charge on any atom is -0.480 e. The number of nitrogens with one attached hydrogen (secondary N) is 1. The molecule has 14 heavy (non-hydrogen) atoms. The average Bonchev–Trinajstić information content (AvgIpc) is 2.64. The van der Waals surface area contributed by atoms with Crippen LogP contribution in [0.3, 0.4) is 0 Å². The second-order valence-corrected chi connectivity index (χ2v) is 4.33. The van der Waals surface area contributed by atoms with Gasteiger partial charge in [-0.3, -0.25) is 4.79 Å². The Kier molecular flexibility index (Phi) is 4.75. The lowest BCUT2D eigenvalue weighted by molar-refractivity contribution is -0.139. The van der Waals surface area contributed by atoms with E-state index in [1.54, 1.807) is 0 Å². The summed E-state index contributed by atoms with van der Waals surface area (Å²) in [6.07, 6.45) is 1.38. The van der Waals surface area contributed by atoms with E-state index in [0.29, 0.717) is 24.0 Å². The molecule has 1 saturated heterocycles. The van der Waals surface area contributed by atoms with Crippen molar-refractivity contribution in [2.24, 2.45) is 0 Å². The summed E-state index contributed by atoms with van der Waals surface area (Å²) in [4.78, 5) is 20.7. The van der Waals surface area contributed by atoms with Gasteiger partial charge in [0.2, 0.25) is 6.41 Å². The lowest BCUT2D eigenvalue weighted by Crippen LogP contribution is -2.38. The molecule has 0 aromatic carbocycles. The van der Waals surface area contributed by atoms with Crippen molar-refractivity contribution in [1.82, 2.24) is 5.32 Å². The Morgan fingerprint density at radius 1 is 1.79 bits per heavy atom. The largest absolute Gasteiger partial charge is 0.480 e. The van der Waals surface area contributed by atoms with E-state index in [1.165, 1.54) is 11.8 Å². The van der Waals surface area contributed by atoms with E-state index in [1.807, 2.05) is 0 Å². The summed E-state index contributed by atoms with van der Waals surface area (Å²) in [5.41, 5.74) is 0. The normalized spacial score (nSPS) is 23.0. The quantitative estimate of drug-likeness (QED) is 0.600. The second kappa shape index (κ2) is 5.87. The molecule has 0 spiro atoms. The van der Waals surface area contributed by atoms with Crippen molar-refractivity contribution < 1.29 is 19.4 Å². The molecule has 0 aromatic heterocycles. The van der Waals surface area contributed by atoms with Gasteiger partial charge in [-0.05, 0) is 6.42 Å². The van der Waals surface area contributed by atoms with Crippen molar-refractivity contribution in [2.75, 3.05) is 19.0 Å². The molecule has 2 N–H and O–H groups in total. The Hall–Kier alpha value is -0.750. The van der Waals surface area contributed by atoms with Gasteiger partial charge in [0.05, 0.1) is 6.61 Å². The molecule has 0 radical (unpaired) electrons. The van der Waals surface area contributed by atoms with Gasteiger partial charge in [-0.25, -0.2) is 4.79 Å². The first kappa shape index (κ1) is 11.3. The molecule has 0 aliphatic carbocycles. The number of hydrogen-bond donors (Lipinski definition) is 2. The van der Waals surface area contributed by atoms with Gasteiger partial charge < -0.3 is 15.2 Å². The van der Waals surface area contributed by atoms with Crippen LogP contribution in [0.25, 0.3) is 0 Å². The van der Waals surface area contributed by atoms with Crippen molar-refractivity contribution in [3.8, 4) is 0 Å². The van der Waals surface area contributed by atoms with E-state index in [9.17, 15) is 9.59 Å². The maximum absolute atomic E-state index is 10.6. The van der Waals surface area contributed by atoms with Crippen molar-refractivity contribution in [2.45, 2.75) is 17.7 Å². The zero-order valence-electron chi connectivity index (χ0n) is 7.64. The summed E-state index contributed by atoms with van der Waals surface area (Å²) < 4.78 is 5.15. The summed E-state index contributed by atoms with van der Waals surface area (Å²) in [5.74, 6) is -0.606. The topological polar surface area (TPSA) is 75.6 Å². The van der Waals surface area contributed by atoms with Gasteiger partial charge >= 0.3 is 5.97 Å². The van der Waals surface area contributed by atoms with Gasteiger partial charge in [0.15, 0.2) is 0 Å². The molecule has 1 rings (SSSR count). The molecule has 2 unspecified atom stereocenters. The monoisotopic (exact) mass is 219 g/mol. The molecule has 1 heterocycles. The number of rotatable bonds is 6. The predicted molar refractivity (Wildman–Crippen MR) is 52.3 cm³/mol. The number of aliphatic carboxylic acids is 1. The Bertz CT molecular complexity index is 206. The first-order valence-electron chi connectivity index (χ1n) is 4.36. The van der Waals surface area contributed by atoms with Crippen LogP contribution in [0.5, 0.6) is 0 Å². The number of carbonyl (C=O) groups is 2. The third-order valence-corrected chi connectivity index (χ3v) is 3.32. The van der Waals surface area contributed by atoms with Gasteiger partial charge in [0, 0.05) is 17.6 Å². The lowest BCUT2D eigenvalue weighted by atomic mass is 10.3. The fourth-order valence-electron chi connectivity index (χ4n) is 1.15. The lowest BCUT2D eigenvalue weighted by Gasteiger charge is -2.12. The molecule has 0 aromatic rings. The maximum Gasteiger partial charge on any atom is 0.327 e. The number of hydrogen-bond acceptors (Lipinski definition) is 4. The SMILES string of the molecule is O=CNC(CSC1CCOC1)C(=O)O. The van der Waals surface area contributed by atoms with Gasteiger partial charge in [0.25, 0.3) is 0 Å². The van der Waals surface area contributed by atoms with Crippen LogP contribution in [0.2, 0.25) is 0 Å². The highest BCUT2D eigenvalue weighted by Crippen LogP contribution is 2.20. The van der Waals surface area contributed by atoms with Gasteiger partial charge in [0.1, 0.15) is 6.04 Å². The standard InChI is InChI=1S/C8H13NO4S/c10-5-9-7(8(11)12)4-14-6-1-2-13-3-6/h5-7H,1-4H2,(H,9,10)(H,11,12). The van der Waals surface area contributed by atoms with Crippen LogP contribution in [0.4, 0.5) is 0 Å². The fourth-order valence-corrected chi connectivity index (χ4v) is 2.31. The number of carboxylic acid groups (broad SMARTS) is 1. The highest BCUT2D eigenvalue weighted by Gasteiger charge is 2.21. The number of ether oxygens (including phenoxy) is 1. The summed E-state index contributed by atoms with van der Waals surface area (Å²) in [6, 6.07) is -0.793. The van der Waals surface area contributed by atoms with E-state index in [0.717, 1.165) is 13.0 Å². The summed E-state index contributed by atoms with van der Waals surface area (Å²) in [5, 5.41) is 11.3. The van der Waals surface area contributed by atoms with Gasteiger partial charge in [-0.2, -0.15) is 11.8 Å². The second-order valence-electron chi connectivity index (χ2n) is 2.99. The van der Waals surface area contributed by atoms with Crippen LogP contribution in [0.15, 0.2) is 0 Å². The van der Waals surface area contributed by atoms with Crippen LogP contribution in [-0.4, -0.2) is 47.7 Å². The molecule has 2 atom stereocenters. The smallest absolute Gasteiger partial charge is 0.327 e. The predicted octanol–water partition coefficient (Wildman–Crippen LogP) is -0.292. The van der Waals surface area contributed by atoms with E-state index >= 15 is 0 Å². The first-order chi connectivity index (χ1) is 6.74. The molecule has 0 saturated carbocycles. The van der Waals surface area contributed by atoms with Gasteiger partial charge in [-0.15, -0.1) is 0 Å². The zero-order chi connectivity index (χ0) is 10.4. The highest BCUT2D eigenvalue weighted by molar-refractivity contribution is 8.00. The number of carboxylic acids is 1. The molecular formula is C8H13NO4S. The van der Waals surface area contributed by atoms with Crippen molar-refractivity contribution in [3.63, 3.8) is 0 Å². The Morgan fingerprint density at radius 2 is 2.57 bits per heavy atom. The van der Waals surface area contributed by atoms with Crippen LogP contribution in [0.1, 0.15) is 6.42 Å². The van der Waals surface area contributed by atoms with E-state index in [4.69, 9.17) is 9.84 Å². The van der Waals surface area contributed by atoms with Crippen LogP contribution in [0, 0.1) is 0 Å². The minimum absolute atomic E-state index is 0.366.